The van der Waals surface area contributed by atoms with Gasteiger partial charge in [-0.3, -0.25) is 0 Å². The summed E-state index contributed by atoms with van der Waals surface area (Å²) in [5, 5.41) is 2.42. The van der Waals surface area contributed by atoms with Gasteiger partial charge >= 0.3 is 0 Å². The molecule has 0 spiro atoms. The number of fused-ring (bicyclic) bond motifs is 3. The van der Waals surface area contributed by atoms with Crippen LogP contribution in [0.25, 0.3) is 21.9 Å². The number of likely N-dealkylation sites (tertiary alicyclic amines) is 1. The fourth-order valence-electron chi connectivity index (χ4n) is 3.61. The van der Waals surface area contributed by atoms with E-state index in [1.165, 1.54) is 56.1 Å². The number of unbranched alkanes of at least 4 members (excludes halogenated alkanes) is 1. The molecule has 2 aromatic carbocycles. The quantitative estimate of drug-likeness (QED) is 0.635. The second-order valence-electron chi connectivity index (χ2n) is 6.60. The van der Waals surface area contributed by atoms with Crippen LogP contribution in [0.3, 0.4) is 0 Å². The molecule has 120 valence electrons. The lowest BCUT2D eigenvalue weighted by atomic mass is 10.1. The van der Waals surface area contributed by atoms with E-state index in [4.69, 9.17) is 9.40 Å². The third-order valence-electron chi connectivity index (χ3n) is 4.89. The second kappa shape index (κ2) is 6.71. The minimum Gasteiger partial charge on any atom is -0.441 e. The number of hydrogen-bond donors (Lipinski definition) is 0. The Hall–Kier alpha value is -1.87. The standard InChI is InChI=1S/C20H24N2O/c1-5-13-22(14-6-1)15-7-4-10-19-21-20-17-9-3-2-8-16(17)11-12-18(20)23-19/h2-3,8-9,11-12H,1,4-7,10,13-15H2. The number of hydrogen-bond acceptors (Lipinski definition) is 3. The molecular formula is C20H24N2O. The van der Waals surface area contributed by atoms with Gasteiger partial charge in [0, 0.05) is 11.8 Å². The molecule has 3 nitrogen and oxygen atoms in total. The maximum Gasteiger partial charge on any atom is 0.195 e. The third-order valence-corrected chi connectivity index (χ3v) is 4.89. The number of piperidine rings is 1. The van der Waals surface area contributed by atoms with Crippen LogP contribution in [-0.4, -0.2) is 29.5 Å². The number of aryl methyl sites for hydroxylation is 1. The van der Waals surface area contributed by atoms with Crippen molar-refractivity contribution in [3.63, 3.8) is 0 Å². The van der Waals surface area contributed by atoms with Gasteiger partial charge < -0.3 is 9.32 Å². The lowest BCUT2D eigenvalue weighted by Crippen LogP contribution is -2.30. The summed E-state index contributed by atoms with van der Waals surface area (Å²) in [6, 6.07) is 12.5. The van der Waals surface area contributed by atoms with E-state index in [0.29, 0.717) is 0 Å². The number of oxazole rings is 1. The Morgan fingerprint density at radius 2 is 1.83 bits per heavy atom. The molecule has 0 atom stereocenters. The zero-order valence-corrected chi connectivity index (χ0v) is 13.6. The lowest BCUT2D eigenvalue weighted by Gasteiger charge is -2.26. The smallest absolute Gasteiger partial charge is 0.195 e. The van der Waals surface area contributed by atoms with Crippen LogP contribution in [0, 0.1) is 0 Å². The molecule has 1 aromatic heterocycles. The summed E-state index contributed by atoms with van der Waals surface area (Å²) in [7, 11) is 0. The average Bonchev–Trinajstić information content (AvgIpc) is 3.03. The molecule has 4 rings (SSSR count). The van der Waals surface area contributed by atoms with Gasteiger partial charge in [0.1, 0.15) is 5.52 Å². The molecule has 1 fully saturated rings. The zero-order chi connectivity index (χ0) is 15.5. The van der Waals surface area contributed by atoms with E-state index in [0.717, 1.165) is 29.8 Å². The summed E-state index contributed by atoms with van der Waals surface area (Å²) in [5.74, 6) is 0.884. The Labute approximate surface area is 137 Å². The van der Waals surface area contributed by atoms with Gasteiger partial charge in [0.25, 0.3) is 0 Å². The van der Waals surface area contributed by atoms with Gasteiger partial charge in [-0.1, -0.05) is 36.8 Å². The molecule has 1 saturated heterocycles. The second-order valence-corrected chi connectivity index (χ2v) is 6.60. The summed E-state index contributed by atoms with van der Waals surface area (Å²) in [6.45, 7) is 3.80. The van der Waals surface area contributed by atoms with E-state index < -0.39 is 0 Å². The number of nitrogens with zero attached hydrogens (tertiary/aromatic N) is 2. The van der Waals surface area contributed by atoms with Crippen molar-refractivity contribution < 1.29 is 4.42 Å². The van der Waals surface area contributed by atoms with Gasteiger partial charge in [0.2, 0.25) is 0 Å². The van der Waals surface area contributed by atoms with Crippen molar-refractivity contribution in [1.82, 2.24) is 9.88 Å². The van der Waals surface area contributed by atoms with Crippen LogP contribution < -0.4 is 0 Å². The number of rotatable bonds is 5. The predicted octanol–water partition coefficient (Wildman–Crippen LogP) is 4.79. The molecule has 23 heavy (non-hydrogen) atoms. The molecule has 0 bridgehead atoms. The van der Waals surface area contributed by atoms with Gasteiger partial charge in [-0.25, -0.2) is 4.98 Å². The van der Waals surface area contributed by atoms with Crippen LogP contribution in [0.2, 0.25) is 0 Å². The molecule has 3 heteroatoms. The van der Waals surface area contributed by atoms with Crippen LogP contribution in [0.5, 0.6) is 0 Å². The normalized spacial score (nSPS) is 16.3. The summed E-state index contributed by atoms with van der Waals surface area (Å²) in [4.78, 5) is 7.35. The molecular weight excluding hydrogens is 284 g/mol. The van der Waals surface area contributed by atoms with Gasteiger partial charge in [-0.15, -0.1) is 0 Å². The van der Waals surface area contributed by atoms with E-state index in [9.17, 15) is 0 Å². The lowest BCUT2D eigenvalue weighted by molar-refractivity contribution is 0.224. The average molecular weight is 308 g/mol. The molecule has 0 N–H and O–H groups in total. The van der Waals surface area contributed by atoms with Gasteiger partial charge in [0.05, 0.1) is 0 Å². The maximum absolute atomic E-state index is 5.94. The molecule has 0 radical (unpaired) electrons. The Morgan fingerprint density at radius 3 is 2.74 bits per heavy atom. The largest absolute Gasteiger partial charge is 0.441 e. The van der Waals surface area contributed by atoms with Crippen LogP contribution in [0.15, 0.2) is 40.8 Å². The summed E-state index contributed by atoms with van der Waals surface area (Å²) < 4.78 is 5.94. The van der Waals surface area contributed by atoms with Crippen molar-refractivity contribution in [1.29, 1.82) is 0 Å². The van der Waals surface area contributed by atoms with Crippen molar-refractivity contribution in [2.75, 3.05) is 19.6 Å². The van der Waals surface area contributed by atoms with Crippen molar-refractivity contribution in [3.8, 4) is 0 Å². The highest BCUT2D eigenvalue weighted by Gasteiger charge is 2.11. The highest BCUT2D eigenvalue weighted by molar-refractivity contribution is 6.03. The van der Waals surface area contributed by atoms with Crippen molar-refractivity contribution in [2.24, 2.45) is 0 Å². The van der Waals surface area contributed by atoms with Crippen LogP contribution in [0.4, 0.5) is 0 Å². The highest BCUT2D eigenvalue weighted by Crippen LogP contribution is 2.26. The van der Waals surface area contributed by atoms with E-state index in [1.54, 1.807) is 0 Å². The molecule has 1 aliphatic heterocycles. The minimum absolute atomic E-state index is 0.884. The van der Waals surface area contributed by atoms with E-state index in [-0.39, 0.29) is 0 Å². The van der Waals surface area contributed by atoms with Crippen molar-refractivity contribution >= 4 is 21.9 Å². The number of benzene rings is 2. The van der Waals surface area contributed by atoms with E-state index in [2.05, 4.69) is 35.2 Å². The summed E-state index contributed by atoms with van der Waals surface area (Å²) >= 11 is 0. The zero-order valence-electron chi connectivity index (χ0n) is 13.6. The molecule has 3 aromatic rings. The molecule has 0 aliphatic carbocycles. The monoisotopic (exact) mass is 308 g/mol. The fourth-order valence-corrected chi connectivity index (χ4v) is 3.61. The molecule has 0 saturated carbocycles. The Bertz CT molecular complexity index is 787. The summed E-state index contributed by atoms with van der Waals surface area (Å²) in [5.41, 5.74) is 1.92. The number of aromatic nitrogens is 1. The first kappa shape index (κ1) is 14.7. The van der Waals surface area contributed by atoms with Gasteiger partial charge in [-0.05, 0) is 56.8 Å². The molecule has 1 aliphatic rings. The fraction of sp³-hybridized carbons (Fsp3) is 0.450. The molecule has 2 heterocycles. The van der Waals surface area contributed by atoms with E-state index in [1.807, 2.05) is 6.07 Å². The van der Waals surface area contributed by atoms with Crippen LogP contribution in [0.1, 0.15) is 38.0 Å². The van der Waals surface area contributed by atoms with Crippen molar-refractivity contribution in [3.05, 3.63) is 42.3 Å². The first-order valence-electron chi connectivity index (χ1n) is 8.90. The first-order chi connectivity index (χ1) is 11.4. The first-order valence-corrected chi connectivity index (χ1v) is 8.90. The van der Waals surface area contributed by atoms with Gasteiger partial charge in [-0.2, -0.15) is 0 Å². The SMILES string of the molecule is c1ccc2c(c1)ccc1oc(CCCCN3CCCCC3)nc12. The third kappa shape index (κ3) is 3.25. The molecule has 0 amide bonds. The van der Waals surface area contributed by atoms with Gasteiger partial charge in [0.15, 0.2) is 11.5 Å². The predicted molar refractivity (Wildman–Crippen MR) is 94.7 cm³/mol. The van der Waals surface area contributed by atoms with E-state index >= 15 is 0 Å². The Morgan fingerprint density at radius 1 is 0.957 bits per heavy atom. The minimum atomic E-state index is 0.884. The highest BCUT2D eigenvalue weighted by atomic mass is 16.3. The Kier molecular flexibility index (Phi) is 4.29. The topological polar surface area (TPSA) is 29.3 Å². The van der Waals surface area contributed by atoms with Crippen molar-refractivity contribution in [2.45, 2.75) is 38.5 Å². The van der Waals surface area contributed by atoms with Crippen LogP contribution in [-0.2, 0) is 6.42 Å². The Balaban J connectivity index is 1.40. The summed E-state index contributed by atoms with van der Waals surface area (Å²) in [6.07, 6.45) is 7.49. The van der Waals surface area contributed by atoms with Crippen LogP contribution >= 0.6 is 0 Å². The maximum atomic E-state index is 5.94. The molecule has 0 unspecified atom stereocenters.